The molecule has 0 radical (unpaired) electrons. The molecule has 1 aromatic carbocycles. The molecule has 1 aliphatic carbocycles. The zero-order chi connectivity index (χ0) is 18.3. The maximum absolute atomic E-state index is 13.9. The van der Waals surface area contributed by atoms with E-state index in [1.54, 1.807) is 19.1 Å². The summed E-state index contributed by atoms with van der Waals surface area (Å²) in [5.74, 6) is 0.446. The molecular weight excluding hydrogens is 341 g/mol. The van der Waals surface area contributed by atoms with Crippen molar-refractivity contribution < 1.29 is 17.5 Å². The summed E-state index contributed by atoms with van der Waals surface area (Å²) in [7, 11) is -3.34. The summed E-state index contributed by atoms with van der Waals surface area (Å²) >= 11 is 0. The molecule has 1 aromatic rings. The smallest absolute Gasteiger partial charge is 0.212 e. The number of unbranched alkanes of at least 4 members (excludes halogenated alkanes) is 3. The first-order chi connectivity index (χ1) is 11.9. The first-order valence-corrected chi connectivity index (χ1v) is 11.0. The van der Waals surface area contributed by atoms with Crippen LogP contribution in [0.15, 0.2) is 18.2 Å². The number of rotatable bonds is 11. The monoisotopic (exact) mass is 371 g/mol. The highest BCUT2D eigenvalue weighted by Gasteiger charge is 2.20. The quantitative estimate of drug-likeness (QED) is 0.580. The summed E-state index contributed by atoms with van der Waals surface area (Å²) in [5, 5.41) is 0. The van der Waals surface area contributed by atoms with Gasteiger partial charge in [-0.2, -0.15) is 0 Å². The Morgan fingerprint density at radius 1 is 1.28 bits per heavy atom. The van der Waals surface area contributed by atoms with Gasteiger partial charge in [0.25, 0.3) is 0 Å². The molecule has 0 amide bonds. The van der Waals surface area contributed by atoms with Crippen molar-refractivity contribution in [2.45, 2.75) is 64.8 Å². The second-order valence-electron chi connectivity index (χ2n) is 7.02. The van der Waals surface area contributed by atoms with Crippen molar-refractivity contribution in [2.75, 3.05) is 12.4 Å². The third-order valence-electron chi connectivity index (χ3n) is 4.78. The van der Waals surface area contributed by atoms with E-state index in [1.165, 1.54) is 12.5 Å². The maximum atomic E-state index is 13.9. The zero-order valence-corrected chi connectivity index (χ0v) is 16.1. The average Bonchev–Trinajstić information content (AvgIpc) is 2.51. The van der Waals surface area contributed by atoms with Crippen LogP contribution in [-0.2, 0) is 10.0 Å². The summed E-state index contributed by atoms with van der Waals surface area (Å²) in [6.07, 6.45) is 7.18. The molecule has 4 nitrogen and oxygen atoms in total. The lowest BCUT2D eigenvalue weighted by Crippen LogP contribution is -2.29. The first-order valence-electron chi connectivity index (χ1n) is 9.33. The predicted octanol–water partition coefficient (Wildman–Crippen LogP) is 4.57. The fourth-order valence-electron chi connectivity index (χ4n) is 2.88. The molecule has 0 spiro atoms. The van der Waals surface area contributed by atoms with E-state index in [-0.39, 0.29) is 11.5 Å². The SMILES string of the molecule is CCCCCCS(=O)(=O)N[C@H](C)c1ccc(F)c(OCC2CCC2)c1. The van der Waals surface area contributed by atoms with E-state index in [0.29, 0.717) is 24.5 Å². The molecule has 25 heavy (non-hydrogen) atoms. The van der Waals surface area contributed by atoms with Crippen molar-refractivity contribution in [3.8, 4) is 5.75 Å². The van der Waals surface area contributed by atoms with E-state index in [9.17, 15) is 12.8 Å². The Bertz CT molecular complexity index is 644. The number of nitrogens with one attached hydrogen (secondary N) is 1. The summed E-state index contributed by atoms with van der Waals surface area (Å²) < 4.78 is 46.5. The van der Waals surface area contributed by atoms with Crippen LogP contribution in [-0.4, -0.2) is 20.8 Å². The molecule has 6 heteroatoms. The third kappa shape index (κ3) is 6.59. The van der Waals surface area contributed by atoms with Gasteiger partial charge in [0, 0.05) is 6.04 Å². The van der Waals surface area contributed by atoms with Gasteiger partial charge in [-0.1, -0.05) is 38.7 Å². The number of benzene rings is 1. The molecule has 1 saturated carbocycles. The Labute approximate surface area is 151 Å². The van der Waals surface area contributed by atoms with Crippen LogP contribution in [0.5, 0.6) is 5.75 Å². The Hall–Kier alpha value is -1.14. The molecule has 0 bridgehead atoms. The van der Waals surface area contributed by atoms with E-state index in [4.69, 9.17) is 4.74 Å². The summed E-state index contributed by atoms with van der Waals surface area (Å²) in [5.41, 5.74) is 0.710. The molecule has 0 aliphatic heterocycles. The van der Waals surface area contributed by atoms with Crippen molar-refractivity contribution >= 4 is 10.0 Å². The van der Waals surface area contributed by atoms with Crippen LogP contribution in [0.1, 0.15) is 70.4 Å². The highest BCUT2D eigenvalue weighted by Crippen LogP contribution is 2.29. The standard InChI is InChI=1S/C19H30FNO3S/c1-3-4-5-6-12-25(22,23)21-15(2)17-10-11-18(20)19(13-17)24-14-16-8-7-9-16/h10-11,13,15-16,21H,3-9,12,14H2,1-2H3/t15-/m1/s1. The van der Waals surface area contributed by atoms with Gasteiger partial charge in [0.05, 0.1) is 12.4 Å². The molecule has 1 atom stereocenters. The minimum atomic E-state index is -3.34. The van der Waals surface area contributed by atoms with Gasteiger partial charge < -0.3 is 4.74 Å². The Morgan fingerprint density at radius 3 is 2.68 bits per heavy atom. The third-order valence-corrected chi connectivity index (χ3v) is 6.32. The summed E-state index contributed by atoms with van der Waals surface area (Å²) in [6, 6.07) is 4.15. The van der Waals surface area contributed by atoms with Gasteiger partial charge in [-0.15, -0.1) is 0 Å². The van der Waals surface area contributed by atoms with Crippen molar-refractivity contribution in [2.24, 2.45) is 5.92 Å². The lowest BCUT2D eigenvalue weighted by atomic mass is 9.86. The second-order valence-corrected chi connectivity index (χ2v) is 8.89. The summed E-state index contributed by atoms with van der Waals surface area (Å²) in [6.45, 7) is 4.39. The van der Waals surface area contributed by atoms with Crippen molar-refractivity contribution in [1.29, 1.82) is 0 Å². The molecule has 142 valence electrons. The van der Waals surface area contributed by atoms with Gasteiger partial charge in [-0.3, -0.25) is 0 Å². The average molecular weight is 372 g/mol. The van der Waals surface area contributed by atoms with Gasteiger partial charge in [0.15, 0.2) is 11.6 Å². The molecule has 0 saturated heterocycles. The number of halogens is 1. The van der Waals surface area contributed by atoms with E-state index in [0.717, 1.165) is 32.1 Å². The Kier molecular flexibility index (Phi) is 7.69. The van der Waals surface area contributed by atoms with Crippen LogP contribution in [0.25, 0.3) is 0 Å². The predicted molar refractivity (Wildman–Crippen MR) is 98.7 cm³/mol. The van der Waals surface area contributed by atoms with Gasteiger partial charge in [-0.25, -0.2) is 17.5 Å². The molecule has 1 aliphatic rings. The largest absolute Gasteiger partial charge is 0.490 e. The molecule has 0 heterocycles. The van der Waals surface area contributed by atoms with Crippen LogP contribution >= 0.6 is 0 Å². The first kappa shape index (κ1) is 20.2. The number of sulfonamides is 1. The molecule has 1 fully saturated rings. The van der Waals surface area contributed by atoms with Crippen molar-refractivity contribution in [3.63, 3.8) is 0 Å². The minimum absolute atomic E-state index is 0.129. The lowest BCUT2D eigenvalue weighted by Gasteiger charge is -2.25. The van der Waals surface area contributed by atoms with E-state index in [2.05, 4.69) is 11.6 Å². The summed E-state index contributed by atoms with van der Waals surface area (Å²) in [4.78, 5) is 0. The maximum Gasteiger partial charge on any atom is 0.212 e. The van der Waals surface area contributed by atoms with Gasteiger partial charge in [0.2, 0.25) is 10.0 Å². The fraction of sp³-hybridized carbons (Fsp3) is 0.684. The zero-order valence-electron chi connectivity index (χ0n) is 15.3. The van der Waals surface area contributed by atoms with E-state index in [1.807, 2.05) is 0 Å². The Morgan fingerprint density at radius 2 is 2.04 bits per heavy atom. The van der Waals surface area contributed by atoms with Crippen LogP contribution < -0.4 is 9.46 Å². The van der Waals surface area contributed by atoms with Gasteiger partial charge >= 0.3 is 0 Å². The topological polar surface area (TPSA) is 55.4 Å². The number of hydrogen-bond acceptors (Lipinski definition) is 3. The van der Waals surface area contributed by atoms with Gasteiger partial charge in [0.1, 0.15) is 0 Å². The molecule has 2 rings (SSSR count). The molecule has 1 N–H and O–H groups in total. The van der Waals surface area contributed by atoms with E-state index < -0.39 is 21.9 Å². The highest BCUT2D eigenvalue weighted by molar-refractivity contribution is 7.89. The Balaban J connectivity index is 1.92. The van der Waals surface area contributed by atoms with Crippen LogP contribution in [0.2, 0.25) is 0 Å². The molecular formula is C19H30FNO3S. The number of ether oxygens (including phenoxy) is 1. The van der Waals surface area contributed by atoms with Crippen LogP contribution in [0.3, 0.4) is 0 Å². The molecule has 0 unspecified atom stereocenters. The fourth-order valence-corrected chi connectivity index (χ4v) is 4.26. The van der Waals surface area contributed by atoms with E-state index >= 15 is 0 Å². The van der Waals surface area contributed by atoms with Crippen LogP contribution in [0.4, 0.5) is 4.39 Å². The van der Waals surface area contributed by atoms with Crippen molar-refractivity contribution in [1.82, 2.24) is 4.72 Å². The highest BCUT2D eigenvalue weighted by atomic mass is 32.2. The van der Waals surface area contributed by atoms with Crippen LogP contribution in [0, 0.1) is 11.7 Å². The second kappa shape index (κ2) is 9.53. The number of hydrogen-bond donors (Lipinski definition) is 1. The van der Waals surface area contributed by atoms with Crippen molar-refractivity contribution in [3.05, 3.63) is 29.6 Å². The minimum Gasteiger partial charge on any atom is -0.490 e. The molecule has 0 aromatic heterocycles. The normalized spacial score (nSPS) is 16.4. The van der Waals surface area contributed by atoms with Gasteiger partial charge in [-0.05, 0) is 49.8 Å². The lowest BCUT2D eigenvalue weighted by molar-refractivity contribution is 0.175.